The fourth-order valence-electron chi connectivity index (χ4n) is 2.24. The zero-order valence-corrected chi connectivity index (χ0v) is 15.0. The number of carbonyl (C=O) groups is 1. The molecule has 0 radical (unpaired) electrons. The van der Waals surface area contributed by atoms with Gasteiger partial charge >= 0.3 is 0 Å². The maximum absolute atomic E-state index is 12.2. The number of nitrogens with zero attached hydrogens (tertiary/aromatic N) is 2. The van der Waals surface area contributed by atoms with Gasteiger partial charge in [0.2, 0.25) is 5.91 Å². The van der Waals surface area contributed by atoms with Crippen LogP contribution in [0.15, 0.2) is 51.7 Å². The summed E-state index contributed by atoms with van der Waals surface area (Å²) in [6, 6.07) is 9.62. The van der Waals surface area contributed by atoms with Crippen LogP contribution in [0.5, 0.6) is 0 Å². The van der Waals surface area contributed by atoms with Gasteiger partial charge in [0.1, 0.15) is 5.65 Å². The standard InChI is InChI=1S/C16H13Br2N3O/c1-10-3-2-6-21-9-12(19-16(10)21)8-15(22)20-14-7-11(17)4-5-13(14)18/h2-7,9H,8H2,1H3,(H,20,22). The molecule has 3 rings (SSSR count). The van der Waals surface area contributed by atoms with Crippen LogP contribution in [0.4, 0.5) is 5.69 Å². The molecular formula is C16H13Br2N3O. The van der Waals surface area contributed by atoms with E-state index in [4.69, 9.17) is 0 Å². The number of rotatable bonds is 3. The topological polar surface area (TPSA) is 46.4 Å². The van der Waals surface area contributed by atoms with E-state index in [1.807, 2.05) is 54.0 Å². The van der Waals surface area contributed by atoms with Crippen LogP contribution in [0, 0.1) is 6.92 Å². The molecule has 0 aliphatic carbocycles. The maximum Gasteiger partial charge on any atom is 0.230 e. The first kappa shape index (κ1) is 15.2. The van der Waals surface area contributed by atoms with E-state index in [9.17, 15) is 4.79 Å². The van der Waals surface area contributed by atoms with Gasteiger partial charge in [0.15, 0.2) is 0 Å². The van der Waals surface area contributed by atoms with Crippen molar-refractivity contribution in [3.63, 3.8) is 0 Å². The first-order chi connectivity index (χ1) is 10.5. The SMILES string of the molecule is Cc1cccn2cc(CC(=O)Nc3cc(Br)ccc3Br)nc12. The molecule has 0 saturated carbocycles. The van der Waals surface area contributed by atoms with Gasteiger partial charge in [0, 0.05) is 21.3 Å². The van der Waals surface area contributed by atoms with Crippen LogP contribution in [0.25, 0.3) is 5.65 Å². The first-order valence-corrected chi connectivity index (χ1v) is 8.29. The van der Waals surface area contributed by atoms with Crippen molar-refractivity contribution in [2.24, 2.45) is 0 Å². The molecule has 0 aliphatic heterocycles. The summed E-state index contributed by atoms with van der Waals surface area (Å²) in [4.78, 5) is 16.7. The minimum absolute atomic E-state index is 0.0974. The zero-order valence-electron chi connectivity index (χ0n) is 11.8. The third-order valence-electron chi connectivity index (χ3n) is 3.27. The summed E-state index contributed by atoms with van der Waals surface area (Å²) in [5, 5.41) is 2.89. The summed E-state index contributed by atoms with van der Waals surface area (Å²) in [6.45, 7) is 2.00. The number of hydrogen-bond acceptors (Lipinski definition) is 2. The van der Waals surface area contributed by atoms with Crippen LogP contribution in [0.1, 0.15) is 11.3 Å². The first-order valence-electron chi connectivity index (χ1n) is 6.71. The molecule has 3 aromatic rings. The van der Waals surface area contributed by atoms with Crippen molar-refractivity contribution in [3.8, 4) is 0 Å². The molecule has 1 amide bonds. The van der Waals surface area contributed by atoms with Gasteiger partial charge < -0.3 is 9.72 Å². The largest absolute Gasteiger partial charge is 0.325 e. The lowest BCUT2D eigenvalue weighted by molar-refractivity contribution is -0.115. The Morgan fingerprint density at radius 2 is 2.14 bits per heavy atom. The molecule has 0 saturated heterocycles. The fourth-order valence-corrected chi connectivity index (χ4v) is 2.95. The van der Waals surface area contributed by atoms with Gasteiger partial charge in [-0.15, -0.1) is 0 Å². The van der Waals surface area contributed by atoms with Gasteiger partial charge in [0.25, 0.3) is 0 Å². The average molecular weight is 423 g/mol. The minimum atomic E-state index is -0.0974. The number of imidazole rings is 1. The lowest BCUT2D eigenvalue weighted by Gasteiger charge is -2.07. The Bertz CT molecular complexity index is 858. The molecule has 112 valence electrons. The molecule has 2 heterocycles. The lowest BCUT2D eigenvalue weighted by Crippen LogP contribution is -2.15. The van der Waals surface area contributed by atoms with Crippen LogP contribution in [-0.2, 0) is 11.2 Å². The van der Waals surface area contributed by atoms with Crippen LogP contribution >= 0.6 is 31.9 Å². The molecule has 0 fully saturated rings. The van der Waals surface area contributed by atoms with Crippen molar-refractivity contribution < 1.29 is 4.79 Å². The molecule has 2 aromatic heterocycles. The molecule has 1 N–H and O–H groups in total. The molecular weight excluding hydrogens is 410 g/mol. The molecule has 0 atom stereocenters. The minimum Gasteiger partial charge on any atom is -0.325 e. The highest BCUT2D eigenvalue weighted by molar-refractivity contribution is 9.11. The van der Waals surface area contributed by atoms with Crippen LogP contribution in [0.3, 0.4) is 0 Å². The van der Waals surface area contributed by atoms with Crippen molar-refractivity contribution in [1.29, 1.82) is 0 Å². The number of fused-ring (bicyclic) bond motifs is 1. The molecule has 0 unspecified atom stereocenters. The van der Waals surface area contributed by atoms with Crippen LogP contribution in [-0.4, -0.2) is 15.3 Å². The van der Waals surface area contributed by atoms with E-state index in [0.29, 0.717) is 0 Å². The van der Waals surface area contributed by atoms with E-state index in [-0.39, 0.29) is 12.3 Å². The lowest BCUT2D eigenvalue weighted by atomic mass is 10.3. The van der Waals surface area contributed by atoms with E-state index < -0.39 is 0 Å². The van der Waals surface area contributed by atoms with Gasteiger partial charge in [-0.2, -0.15) is 0 Å². The number of halogens is 2. The molecule has 1 aromatic carbocycles. The Balaban J connectivity index is 1.78. The normalized spacial score (nSPS) is 10.9. The summed E-state index contributed by atoms with van der Waals surface area (Å²) >= 11 is 6.82. The van der Waals surface area contributed by atoms with Crippen molar-refractivity contribution in [2.75, 3.05) is 5.32 Å². The second kappa shape index (κ2) is 6.22. The van der Waals surface area contributed by atoms with E-state index in [1.165, 1.54) is 0 Å². The Labute approximate surface area is 144 Å². The Kier molecular flexibility index (Phi) is 4.31. The number of nitrogens with one attached hydrogen (secondary N) is 1. The molecule has 4 nitrogen and oxygen atoms in total. The van der Waals surface area contributed by atoms with Crippen molar-refractivity contribution in [3.05, 3.63) is 62.9 Å². The maximum atomic E-state index is 12.2. The highest BCUT2D eigenvalue weighted by Gasteiger charge is 2.10. The van der Waals surface area contributed by atoms with E-state index in [0.717, 1.165) is 31.5 Å². The zero-order chi connectivity index (χ0) is 15.7. The number of aromatic nitrogens is 2. The highest BCUT2D eigenvalue weighted by atomic mass is 79.9. The number of hydrogen-bond donors (Lipinski definition) is 1. The number of benzene rings is 1. The summed E-state index contributed by atoms with van der Waals surface area (Å²) in [5.74, 6) is -0.0974. The summed E-state index contributed by atoms with van der Waals surface area (Å²) in [7, 11) is 0. The van der Waals surface area contributed by atoms with E-state index >= 15 is 0 Å². The van der Waals surface area contributed by atoms with Gasteiger partial charge in [0.05, 0.1) is 17.8 Å². The molecule has 22 heavy (non-hydrogen) atoms. The van der Waals surface area contributed by atoms with Crippen LogP contribution in [0.2, 0.25) is 0 Å². The number of amides is 1. The van der Waals surface area contributed by atoms with E-state index in [2.05, 4.69) is 42.2 Å². The molecule has 0 spiro atoms. The predicted molar refractivity (Wildman–Crippen MR) is 94.1 cm³/mol. The number of aryl methyl sites for hydroxylation is 1. The molecule has 6 heteroatoms. The highest BCUT2D eigenvalue weighted by Crippen LogP contribution is 2.26. The number of pyridine rings is 1. The molecule has 0 aliphatic rings. The summed E-state index contributed by atoms with van der Waals surface area (Å²) in [6.07, 6.45) is 4.06. The second-order valence-corrected chi connectivity index (χ2v) is 6.77. The van der Waals surface area contributed by atoms with Gasteiger partial charge in [-0.05, 0) is 52.7 Å². The number of anilines is 1. The fraction of sp³-hybridized carbons (Fsp3) is 0.125. The quantitative estimate of drug-likeness (QED) is 0.681. The second-order valence-electron chi connectivity index (χ2n) is 5.00. The van der Waals surface area contributed by atoms with Crippen molar-refractivity contribution in [2.45, 2.75) is 13.3 Å². The number of carbonyl (C=O) groups excluding carboxylic acids is 1. The third-order valence-corrected chi connectivity index (χ3v) is 4.46. The average Bonchev–Trinajstić information content (AvgIpc) is 2.86. The smallest absolute Gasteiger partial charge is 0.230 e. The Hall–Kier alpha value is -1.66. The molecule has 0 bridgehead atoms. The summed E-state index contributed by atoms with van der Waals surface area (Å²) in [5.41, 5.74) is 3.45. The predicted octanol–water partition coefficient (Wildman–Crippen LogP) is 4.35. The van der Waals surface area contributed by atoms with Crippen molar-refractivity contribution in [1.82, 2.24) is 9.38 Å². The Morgan fingerprint density at radius 3 is 2.91 bits per heavy atom. The van der Waals surface area contributed by atoms with Gasteiger partial charge in [-0.3, -0.25) is 4.79 Å². The van der Waals surface area contributed by atoms with Gasteiger partial charge in [-0.1, -0.05) is 22.0 Å². The van der Waals surface area contributed by atoms with E-state index in [1.54, 1.807) is 0 Å². The summed E-state index contributed by atoms with van der Waals surface area (Å²) < 4.78 is 3.69. The van der Waals surface area contributed by atoms with Crippen LogP contribution < -0.4 is 5.32 Å². The monoisotopic (exact) mass is 421 g/mol. The van der Waals surface area contributed by atoms with Gasteiger partial charge in [-0.25, -0.2) is 4.98 Å². The van der Waals surface area contributed by atoms with Crippen molar-refractivity contribution >= 4 is 49.1 Å². The Morgan fingerprint density at radius 1 is 1.32 bits per heavy atom. The third kappa shape index (κ3) is 3.23.